The molecule has 0 amide bonds. The molecule has 11 aromatic rings. The molecule has 0 saturated carbocycles. The van der Waals surface area contributed by atoms with Gasteiger partial charge in [0.05, 0.1) is 17.2 Å². The van der Waals surface area contributed by atoms with E-state index in [0.717, 1.165) is 33.7 Å². The molecule has 52 heavy (non-hydrogen) atoms. The minimum Gasteiger partial charge on any atom is -0.308 e. The normalized spacial score (nSPS) is 12.2. The van der Waals surface area contributed by atoms with Crippen LogP contribution in [0.25, 0.3) is 105 Å². The van der Waals surface area contributed by atoms with Crippen LogP contribution in [0.1, 0.15) is 0 Å². The topological polar surface area (TPSA) is 26.6 Å². The van der Waals surface area contributed by atoms with Crippen molar-refractivity contribution < 1.29 is 4.57 Å². The molecule has 0 unspecified atom stereocenters. The molecule has 0 aliphatic heterocycles. The first-order chi connectivity index (χ1) is 25.8. The summed E-state index contributed by atoms with van der Waals surface area (Å²) < 4.78 is 7.20. The Bertz CT molecular complexity index is 3280. The second-order valence-electron chi connectivity index (χ2n) is 13.7. The lowest BCUT2D eigenvalue weighted by atomic mass is 9.92. The van der Waals surface area contributed by atoms with E-state index in [1.165, 1.54) is 71.1 Å². The van der Waals surface area contributed by atoms with Gasteiger partial charge in [-0.25, -0.2) is 4.57 Å². The number of hydrogen-bond acceptors (Lipinski definition) is 1. The highest BCUT2D eigenvalue weighted by atomic mass is 15.2. The van der Waals surface area contributed by atoms with Crippen molar-refractivity contribution in [1.29, 1.82) is 0 Å². The minimum absolute atomic E-state index is 0.852. The monoisotopic (exact) mass is 661 g/mol. The molecule has 0 bridgehead atoms. The molecule has 1 aliphatic carbocycles. The molecule has 0 atom stereocenters. The number of nitrogens with zero attached hydrogens (tertiary/aromatic N) is 4. The van der Waals surface area contributed by atoms with Crippen LogP contribution < -0.4 is 4.57 Å². The summed E-state index contributed by atoms with van der Waals surface area (Å²) in [4.78, 5) is 5.56. The van der Waals surface area contributed by atoms with E-state index in [4.69, 9.17) is 4.98 Å². The molecule has 0 radical (unpaired) electrons. The Kier molecular flexibility index (Phi) is 5.47. The molecule has 3 aromatic heterocycles. The third-order valence-corrected chi connectivity index (χ3v) is 11.1. The average molecular weight is 662 g/mol. The summed E-state index contributed by atoms with van der Waals surface area (Å²) in [7, 11) is 0. The molecule has 0 saturated heterocycles. The highest BCUT2D eigenvalue weighted by molar-refractivity contribution is 6.40. The molecule has 4 heteroatoms. The standard InChI is InChI=1S/C48H29N4/c1-3-16-31(17-4-1)50-29-30-15-7-11-26-39(30)49-48(50)52-41-28-14-24-36-34-21-9-8-20-33(34)35-23-13-25-38-42(35)45(43(36)41)47(52)44-37-22-10-12-27-40(37)51(46(38)44)32-18-5-2-6-19-32/h1-29H/q+1. The number of hydrogen-bond donors (Lipinski definition) is 0. The van der Waals surface area contributed by atoms with Crippen LogP contribution in [0.5, 0.6) is 0 Å². The Morgan fingerprint density at radius 3 is 1.85 bits per heavy atom. The highest BCUT2D eigenvalue weighted by Crippen LogP contribution is 2.53. The molecule has 0 spiro atoms. The third-order valence-electron chi connectivity index (χ3n) is 11.1. The summed E-state index contributed by atoms with van der Waals surface area (Å²) >= 11 is 0. The van der Waals surface area contributed by atoms with Crippen LogP contribution in [0.3, 0.4) is 0 Å². The Hall–Kier alpha value is -7.04. The fourth-order valence-electron chi connectivity index (χ4n) is 9.02. The average Bonchev–Trinajstić information content (AvgIpc) is 3.70. The summed E-state index contributed by atoms with van der Waals surface area (Å²) in [6, 6.07) is 61.4. The van der Waals surface area contributed by atoms with Gasteiger partial charge >= 0.3 is 5.95 Å². The smallest absolute Gasteiger partial charge is 0.308 e. The summed E-state index contributed by atoms with van der Waals surface area (Å²) in [5.74, 6) is 0.852. The Morgan fingerprint density at radius 2 is 1.02 bits per heavy atom. The number of fused-ring (bicyclic) bond motifs is 9. The number of benzene rings is 8. The van der Waals surface area contributed by atoms with E-state index in [2.05, 4.69) is 190 Å². The third kappa shape index (κ3) is 3.55. The SMILES string of the molecule is c1ccc(-n2c3ccccc3c3c2c2cccc4c2c2c5c(cccc5n(-c5nc6ccccc6c[n+]5-c5ccccc5)c23)-c2ccccc2-4)cc1. The molecule has 4 nitrogen and oxygen atoms in total. The van der Waals surface area contributed by atoms with Gasteiger partial charge in [0.1, 0.15) is 16.7 Å². The zero-order chi connectivity index (χ0) is 33.9. The van der Waals surface area contributed by atoms with Gasteiger partial charge in [0, 0.05) is 43.4 Å². The van der Waals surface area contributed by atoms with Crippen molar-refractivity contribution in [1.82, 2.24) is 14.1 Å². The first-order valence-corrected chi connectivity index (χ1v) is 17.8. The lowest BCUT2D eigenvalue weighted by Gasteiger charge is -2.15. The predicted octanol–water partition coefficient (Wildman–Crippen LogP) is 11.5. The van der Waals surface area contributed by atoms with Crippen molar-refractivity contribution >= 4 is 65.3 Å². The van der Waals surface area contributed by atoms with Crippen molar-refractivity contribution in [2.75, 3.05) is 0 Å². The molecule has 1 aliphatic rings. The van der Waals surface area contributed by atoms with Gasteiger partial charge in [0.15, 0.2) is 5.52 Å². The van der Waals surface area contributed by atoms with Crippen LogP contribution in [0.2, 0.25) is 0 Å². The molecule has 3 heterocycles. The molecule has 12 rings (SSSR count). The maximum atomic E-state index is 5.56. The van der Waals surface area contributed by atoms with Gasteiger partial charge in [-0.1, -0.05) is 126 Å². The van der Waals surface area contributed by atoms with E-state index in [0.29, 0.717) is 0 Å². The van der Waals surface area contributed by atoms with Crippen LogP contribution in [0, 0.1) is 0 Å². The number of rotatable bonds is 3. The number of aromatic nitrogens is 4. The first kappa shape index (κ1) is 27.7. The quantitative estimate of drug-likeness (QED) is 0.173. The molecule has 0 fully saturated rings. The van der Waals surface area contributed by atoms with Crippen molar-refractivity contribution in [2.45, 2.75) is 0 Å². The lowest BCUT2D eigenvalue weighted by molar-refractivity contribution is -0.591. The van der Waals surface area contributed by atoms with Gasteiger partial charge in [-0.2, -0.15) is 4.57 Å². The van der Waals surface area contributed by atoms with Gasteiger partial charge in [0.25, 0.3) is 0 Å². The summed E-state index contributed by atoms with van der Waals surface area (Å²) in [6.07, 6.45) is 2.24. The zero-order valence-corrected chi connectivity index (χ0v) is 28.0. The van der Waals surface area contributed by atoms with Crippen LogP contribution in [-0.2, 0) is 0 Å². The Morgan fingerprint density at radius 1 is 0.404 bits per heavy atom. The lowest BCUT2D eigenvalue weighted by Crippen LogP contribution is -2.37. The van der Waals surface area contributed by atoms with Crippen molar-refractivity contribution in [3.05, 3.63) is 176 Å². The van der Waals surface area contributed by atoms with Crippen LogP contribution in [0.4, 0.5) is 0 Å². The van der Waals surface area contributed by atoms with Gasteiger partial charge in [-0.05, 0) is 70.8 Å². The van der Waals surface area contributed by atoms with Gasteiger partial charge < -0.3 is 4.57 Å². The molecular formula is C48H29N4+. The largest absolute Gasteiger partial charge is 0.409 e. The predicted molar refractivity (Wildman–Crippen MR) is 214 cm³/mol. The summed E-state index contributed by atoms with van der Waals surface area (Å²) in [6.45, 7) is 0. The van der Waals surface area contributed by atoms with Crippen molar-refractivity contribution in [2.24, 2.45) is 0 Å². The first-order valence-electron chi connectivity index (χ1n) is 17.8. The number of para-hydroxylation sites is 4. The second-order valence-corrected chi connectivity index (χ2v) is 13.7. The van der Waals surface area contributed by atoms with Crippen LogP contribution >= 0.6 is 0 Å². The van der Waals surface area contributed by atoms with E-state index < -0.39 is 0 Å². The van der Waals surface area contributed by atoms with E-state index in [1.54, 1.807) is 0 Å². The van der Waals surface area contributed by atoms with Crippen molar-refractivity contribution in [3.63, 3.8) is 0 Å². The molecule has 240 valence electrons. The zero-order valence-electron chi connectivity index (χ0n) is 28.0. The van der Waals surface area contributed by atoms with E-state index in [9.17, 15) is 0 Å². The Balaban J connectivity index is 1.43. The van der Waals surface area contributed by atoms with Crippen LogP contribution in [-0.4, -0.2) is 14.1 Å². The van der Waals surface area contributed by atoms with Crippen molar-refractivity contribution in [3.8, 4) is 39.6 Å². The molecule has 8 aromatic carbocycles. The maximum Gasteiger partial charge on any atom is 0.409 e. The summed E-state index contributed by atoms with van der Waals surface area (Å²) in [5.41, 5.74) is 12.8. The molecule has 0 N–H and O–H groups in total. The highest BCUT2D eigenvalue weighted by Gasteiger charge is 2.34. The van der Waals surface area contributed by atoms with Crippen LogP contribution in [0.15, 0.2) is 176 Å². The summed E-state index contributed by atoms with van der Waals surface area (Å²) in [5, 5.41) is 8.57. The minimum atomic E-state index is 0.852. The van der Waals surface area contributed by atoms with E-state index in [1.807, 2.05) is 0 Å². The van der Waals surface area contributed by atoms with E-state index >= 15 is 0 Å². The molecular weight excluding hydrogens is 633 g/mol. The fraction of sp³-hybridized carbons (Fsp3) is 0. The van der Waals surface area contributed by atoms with Gasteiger partial charge in [-0.15, -0.1) is 0 Å². The maximum absolute atomic E-state index is 5.56. The van der Waals surface area contributed by atoms with E-state index in [-0.39, 0.29) is 0 Å². The Labute approximate surface area is 298 Å². The van der Waals surface area contributed by atoms with Gasteiger partial charge in [0.2, 0.25) is 0 Å². The second kappa shape index (κ2) is 10.3. The fourth-order valence-corrected chi connectivity index (χ4v) is 9.02. The van der Waals surface area contributed by atoms with Gasteiger partial charge in [-0.3, -0.25) is 0 Å².